The van der Waals surface area contributed by atoms with E-state index in [0.29, 0.717) is 37.6 Å². The first-order valence-electron chi connectivity index (χ1n) is 9.43. The van der Waals surface area contributed by atoms with Crippen LogP contribution in [0.2, 0.25) is 0 Å². The second-order valence-corrected chi connectivity index (χ2v) is 9.13. The van der Waals surface area contributed by atoms with Crippen molar-refractivity contribution in [3.05, 3.63) is 0 Å². The van der Waals surface area contributed by atoms with E-state index in [0.717, 1.165) is 32.0 Å². The van der Waals surface area contributed by atoms with E-state index in [2.05, 4.69) is 48.2 Å². The summed E-state index contributed by atoms with van der Waals surface area (Å²) < 4.78 is 24.7. The summed E-state index contributed by atoms with van der Waals surface area (Å²) >= 11 is 0. The molecule has 1 aliphatic heterocycles. The van der Waals surface area contributed by atoms with Crippen LogP contribution in [0.25, 0.3) is 0 Å². The molecule has 1 aliphatic rings. The zero-order valence-electron chi connectivity index (χ0n) is 17.2. The second kappa shape index (κ2) is 12.4. The minimum Gasteiger partial charge on any atom is -0.357 e. The fraction of sp³-hybridized carbons (Fsp3) is 0.941. The van der Waals surface area contributed by atoms with Crippen molar-refractivity contribution >= 4 is 40.0 Å². The van der Waals surface area contributed by atoms with Gasteiger partial charge in [0.15, 0.2) is 5.96 Å². The normalized spacial score (nSPS) is 21.9. The summed E-state index contributed by atoms with van der Waals surface area (Å²) in [5.74, 6) is 1.40. The minimum atomic E-state index is -3.12. The molecule has 2 unspecified atom stereocenters. The second-order valence-electron chi connectivity index (χ2n) is 7.14. The maximum atomic E-state index is 11.6. The highest BCUT2D eigenvalue weighted by Gasteiger charge is 2.31. The van der Waals surface area contributed by atoms with Crippen molar-refractivity contribution in [1.29, 1.82) is 0 Å². The Morgan fingerprint density at radius 1 is 1.31 bits per heavy atom. The molecular formula is C17H38IN5O2S. The highest BCUT2D eigenvalue weighted by Crippen LogP contribution is 2.18. The Morgan fingerprint density at radius 2 is 1.96 bits per heavy atom. The van der Waals surface area contributed by atoms with Crippen LogP contribution in [0.5, 0.6) is 0 Å². The molecule has 0 spiro atoms. The Bertz CT molecular complexity index is 527. The van der Waals surface area contributed by atoms with Crippen LogP contribution in [-0.4, -0.2) is 81.2 Å². The van der Waals surface area contributed by atoms with Crippen molar-refractivity contribution in [2.24, 2.45) is 10.9 Å². The Kier molecular flexibility index (Phi) is 12.3. The molecule has 1 fully saturated rings. The average Bonchev–Trinajstić information content (AvgIpc) is 2.87. The predicted molar refractivity (Wildman–Crippen MR) is 121 cm³/mol. The third-order valence-electron chi connectivity index (χ3n) is 4.69. The third kappa shape index (κ3) is 8.71. The van der Waals surface area contributed by atoms with Gasteiger partial charge in [0.2, 0.25) is 10.0 Å². The molecule has 0 radical (unpaired) electrons. The molecule has 0 bridgehead atoms. The van der Waals surface area contributed by atoms with Gasteiger partial charge in [-0.05, 0) is 33.1 Å². The van der Waals surface area contributed by atoms with Crippen LogP contribution in [0.4, 0.5) is 0 Å². The van der Waals surface area contributed by atoms with Gasteiger partial charge in [0.05, 0.1) is 6.26 Å². The Balaban J connectivity index is 0.00000625. The van der Waals surface area contributed by atoms with Gasteiger partial charge < -0.3 is 10.6 Å². The maximum absolute atomic E-state index is 11.6. The molecule has 0 aliphatic carbocycles. The van der Waals surface area contributed by atoms with Crippen molar-refractivity contribution in [2.45, 2.75) is 53.1 Å². The SMILES string of the molecule is CCNC(=NCCCN(CC)S(C)(=O)=O)NC1CN(C(C)C)CC1C.I. The smallest absolute Gasteiger partial charge is 0.211 e. The van der Waals surface area contributed by atoms with E-state index < -0.39 is 10.0 Å². The van der Waals surface area contributed by atoms with Gasteiger partial charge in [-0.2, -0.15) is 0 Å². The number of sulfonamides is 1. The molecule has 26 heavy (non-hydrogen) atoms. The summed E-state index contributed by atoms with van der Waals surface area (Å²) in [6.45, 7) is 15.2. The summed E-state index contributed by atoms with van der Waals surface area (Å²) in [5.41, 5.74) is 0. The number of hydrogen-bond donors (Lipinski definition) is 2. The fourth-order valence-corrected chi connectivity index (χ4v) is 4.04. The Labute approximate surface area is 177 Å². The number of hydrogen-bond acceptors (Lipinski definition) is 4. The maximum Gasteiger partial charge on any atom is 0.211 e. The van der Waals surface area contributed by atoms with Crippen LogP contribution in [0.1, 0.15) is 41.0 Å². The number of aliphatic imine (C=N–C) groups is 1. The Hall–Kier alpha value is -0.130. The number of likely N-dealkylation sites (tertiary alicyclic amines) is 1. The number of rotatable bonds is 9. The molecule has 2 N–H and O–H groups in total. The lowest BCUT2D eigenvalue weighted by atomic mass is 10.1. The van der Waals surface area contributed by atoms with E-state index in [4.69, 9.17) is 0 Å². The van der Waals surface area contributed by atoms with Crippen molar-refractivity contribution in [3.8, 4) is 0 Å². The molecule has 1 rings (SSSR count). The number of nitrogens with zero attached hydrogens (tertiary/aromatic N) is 3. The fourth-order valence-electron chi connectivity index (χ4n) is 3.11. The van der Waals surface area contributed by atoms with E-state index in [1.165, 1.54) is 10.6 Å². The van der Waals surface area contributed by atoms with Crippen LogP contribution >= 0.6 is 24.0 Å². The largest absolute Gasteiger partial charge is 0.357 e. The van der Waals surface area contributed by atoms with E-state index in [1.54, 1.807) is 0 Å². The first-order chi connectivity index (χ1) is 11.7. The lowest BCUT2D eigenvalue weighted by molar-refractivity contribution is 0.265. The summed E-state index contributed by atoms with van der Waals surface area (Å²) in [4.78, 5) is 7.11. The number of halogens is 1. The summed E-state index contributed by atoms with van der Waals surface area (Å²) in [6, 6.07) is 0.952. The molecule has 0 aromatic carbocycles. The van der Waals surface area contributed by atoms with Crippen molar-refractivity contribution in [3.63, 3.8) is 0 Å². The summed E-state index contributed by atoms with van der Waals surface area (Å²) in [5, 5.41) is 6.84. The van der Waals surface area contributed by atoms with E-state index in [1.807, 2.05) is 6.92 Å². The van der Waals surface area contributed by atoms with Crippen LogP contribution in [0.15, 0.2) is 4.99 Å². The lowest BCUT2D eigenvalue weighted by Gasteiger charge is -2.22. The predicted octanol–water partition coefficient (Wildman–Crippen LogP) is 1.56. The minimum absolute atomic E-state index is 0. The van der Waals surface area contributed by atoms with Crippen LogP contribution in [0.3, 0.4) is 0 Å². The molecule has 0 aromatic rings. The number of nitrogens with one attached hydrogen (secondary N) is 2. The molecule has 0 amide bonds. The van der Waals surface area contributed by atoms with Gasteiger partial charge in [-0.25, -0.2) is 12.7 Å². The van der Waals surface area contributed by atoms with Gasteiger partial charge in [-0.15, -0.1) is 24.0 Å². The van der Waals surface area contributed by atoms with Crippen LogP contribution in [-0.2, 0) is 10.0 Å². The van der Waals surface area contributed by atoms with Gasteiger partial charge >= 0.3 is 0 Å². The average molecular weight is 503 g/mol. The van der Waals surface area contributed by atoms with E-state index >= 15 is 0 Å². The summed E-state index contributed by atoms with van der Waals surface area (Å²) in [7, 11) is -3.12. The summed E-state index contributed by atoms with van der Waals surface area (Å²) in [6.07, 6.45) is 1.98. The standard InChI is InChI=1S/C17H37N5O2S.HI/c1-7-18-17(19-10-9-11-22(8-2)25(6,23)24)20-16-13-21(14(3)4)12-15(16)5;/h14-16H,7-13H2,1-6H3,(H2,18,19,20);1H. The first-order valence-corrected chi connectivity index (χ1v) is 11.3. The zero-order chi connectivity index (χ0) is 19.0. The molecule has 156 valence electrons. The highest BCUT2D eigenvalue weighted by atomic mass is 127. The third-order valence-corrected chi connectivity index (χ3v) is 6.07. The van der Waals surface area contributed by atoms with Gasteiger partial charge in [-0.3, -0.25) is 9.89 Å². The van der Waals surface area contributed by atoms with Gasteiger partial charge in [0.1, 0.15) is 0 Å². The van der Waals surface area contributed by atoms with Crippen LogP contribution in [0, 0.1) is 5.92 Å². The molecular weight excluding hydrogens is 465 g/mol. The quantitative estimate of drug-likeness (QED) is 0.216. The molecule has 0 aromatic heterocycles. The van der Waals surface area contributed by atoms with E-state index in [-0.39, 0.29) is 24.0 Å². The van der Waals surface area contributed by atoms with Crippen molar-refractivity contribution < 1.29 is 8.42 Å². The van der Waals surface area contributed by atoms with Gasteiger partial charge in [0.25, 0.3) is 0 Å². The highest BCUT2D eigenvalue weighted by molar-refractivity contribution is 14.0. The van der Waals surface area contributed by atoms with Crippen molar-refractivity contribution in [2.75, 3.05) is 45.5 Å². The van der Waals surface area contributed by atoms with Gasteiger partial charge in [-0.1, -0.05) is 13.8 Å². The molecule has 1 heterocycles. The molecule has 9 heteroatoms. The topological polar surface area (TPSA) is 77.0 Å². The first kappa shape index (κ1) is 25.9. The van der Waals surface area contributed by atoms with Crippen molar-refractivity contribution in [1.82, 2.24) is 19.8 Å². The number of guanidine groups is 1. The van der Waals surface area contributed by atoms with Crippen LogP contribution < -0.4 is 10.6 Å². The Morgan fingerprint density at radius 3 is 2.42 bits per heavy atom. The molecule has 1 saturated heterocycles. The molecule has 0 saturated carbocycles. The lowest BCUT2D eigenvalue weighted by Crippen LogP contribution is -2.47. The molecule has 7 nitrogen and oxygen atoms in total. The zero-order valence-corrected chi connectivity index (χ0v) is 20.3. The van der Waals surface area contributed by atoms with E-state index in [9.17, 15) is 8.42 Å². The molecule has 2 atom stereocenters. The van der Waals surface area contributed by atoms with Gasteiger partial charge in [0, 0.05) is 51.4 Å². The monoisotopic (exact) mass is 503 g/mol.